The van der Waals surface area contributed by atoms with E-state index in [-0.39, 0.29) is 5.91 Å². The van der Waals surface area contributed by atoms with Crippen LogP contribution in [0.5, 0.6) is 0 Å². The van der Waals surface area contributed by atoms with Crippen LogP contribution in [0.15, 0.2) is 71.8 Å². The first kappa shape index (κ1) is 16.2. The van der Waals surface area contributed by atoms with Crippen LogP contribution in [0.1, 0.15) is 5.56 Å². The lowest BCUT2D eigenvalue weighted by atomic mass is 10.1. The van der Waals surface area contributed by atoms with Crippen LogP contribution < -0.4 is 5.32 Å². The van der Waals surface area contributed by atoms with Gasteiger partial charge in [-0.25, -0.2) is 0 Å². The third kappa shape index (κ3) is 4.43. The van der Waals surface area contributed by atoms with Crippen LogP contribution in [0.3, 0.4) is 0 Å². The summed E-state index contributed by atoms with van der Waals surface area (Å²) in [5.74, 6) is 0.239. The minimum atomic E-state index is -0.0596. The van der Waals surface area contributed by atoms with E-state index < -0.39 is 0 Å². The maximum Gasteiger partial charge on any atom is 0.234 e. The lowest BCUT2D eigenvalue weighted by Crippen LogP contribution is -2.13. The molecule has 0 fully saturated rings. The summed E-state index contributed by atoms with van der Waals surface area (Å²) >= 11 is 1.37. The van der Waals surface area contributed by atoms with Gasteiger partial charge in [-0.05, 0) is 31.2 Å². The zero-order valence-electron chi connectivity index (χ0n) is 13.3. The number of amides is 1. The second kappa shape index (κ2) is 7.75. The minimum absolute atomic E-state index is 0.0596. The first-order chi connectivity index (χ1) is 11.7. The molecule has 0 aliphatic carbocycles. The Morgan fingerprint density at radius 1 is 0.958 bits per heavy atom. The number of aromatic nitrogens is 2. The highest BCUT2D eigenvalue weighted by Crippen LogP contribution is 2.20. The quantitative estimate of drug-likeness (QED) is 0.711. The number of hydrogen-bond acceptors (Lipinski definition) is 4. The highest BCUT2D eigenvalue weighted by atomic mass is 32.2. The molecule has 1 heterocycles. The average molecular weight is 335 g/mol. The van der Waals surface area contributed by atoms with Crippen LogP contribution in [-0.4, -0.2) is 21.9 Å². The molecule has 24 heavy (non-hydrogen) atoms. The monoisotopic (exact) mass is 335 g/mol. The van der Waals surface area contributed by atoms with E-state index in [0.717, 1.165) is 22.0 Å². The van der Waals surface area contributed by atoms with Gasteiger partial charge in [0.15, 0.2) is 0 Å². The predicted molar refractivity (Wildman–Crippen MR) is 98.0 cm³/mol. The SMILES string of the molecule is Cc1ccc(-c2ccc(SCC(=O)Nc3ccccc3)nn2)cc1. The topological polar surface area (TPSA) is 54.9 Å². The van der Waals surface area contributed by atoms with Gasteiger partial charge in [0.2, 0.25) is 5.91 Å². The molecule has 1 aromatic heterocycles. The van der Waals surface area contributed by atoms with Crippen LogP contribution in [0.2, 0.25) is 0 Å². The molecular formula is C19H17N3OS. The molecule has 5 heteroatoms. The lowest BCUT2D eigenvalue weighted by Gasteiger charge is -2.05. The first-order valence-electron chi connectivity index (χ1n) is 7.59. The van der Waals surface area contributed by atoms with E-state index in [1.807, 2.05) is 66.7 Å². The molecule has 0 radical (unpaired) electrons. The van der Waals surface area contributed by atoms with Crippen LogP contribution >= 0.6 is 11.8 Å². The smallest absolute Gasteiger partial charge is 0.234 e. The highest BCUT2D eigenvalue weighted by molar-refractivity contribution is 7.99. The maximum absolute atomic E-state index is 11.9. The molecular weight excluding hydrogens is 318 g/mol. The summed E-state index contributed by atoms with van der Waals surface area (Å²) in [5.41, 5.74) is 3.87. The zero-order chi connectivity index (χ0) is 16.8. The van der Waals surface area contributed by atoms with Crippen molar-refractivity contribution in [3.63, 3.8) is 0 Å². The molecule has 3 rings (SSSR count). The average Bonchev–Trinajstić information content (AvgIpc) is 2.62. The molecule has 0 aliphatic rings. The number of anilines is 1. The number of nitrogens with one attached hydrogen (secondary N) is 1. The number of hydrogen-bond donors (Lipinski definition) is 1. The first-order valence-corrected chi connectivity index (χ1v) is 8.58. The number of carbonyl (C=O) groups is 1. The molecule has 0 saturated heterocycles. The maximum atomic E-state index is 11.9. The molecule has 0 atom stereocenters. The fraction of sp³-hybridized carbons (Fsp3) is 0.105. The molecule has 0 bridgehead atoms. The predicted octanol–water partition coefficient (Wildman–Crippen LogP) is 4.18. The molecule has 3 aromatic rings. The summed E-state index contributed by atoms with van der Waals surface area (Å²) in [5, 5.41) is 12.0. The molecule has 0 saturated carbocycles. The number of aryl methyl sites for hydroxylation is 1. The summed E-state index contributed by atoms with van der Waals surface area (Å²) < 4.78 is 0. The number of thioether (sulfide) groups is 1. The van der Waals surface area contributed by atoms with Crippen molar-refractivity contribution in [1.82, 2.24) is 10.2 Å². The van der Waals surface area contributed by atoms with E-state index in [9.17, 15) is 4.79 Å². The van der Waals surface area contributed by atoms with Crippen molar-refractivity contribution in [2.45, 2.75) is 11.9 Å². The van der Waals surface area contributed by atoms with Crippen LogP contribution in [-0.2, 0) is 4.79 Å². The van der Waals surface area contributed by atoms with Crippen molar-refractivity contribution in [2.24, 2.45) is 0 Å². The van der Waals surface area contributed by atoms with Crippen molar-refractivity contribution in [3.05, 3.63) is 72.3 Å². The fourth-order valence-corrected chi connectivity index (χ4v) is 2.75. The lowest BCUT2D eigenvalue weighted by molar-refractivity contribution is -0.113. The van der Waals surface area contributed by atoms with Gasteiger partial charge in [0.05, 0.1) is 11.4 Å². The van der Waals surface area contributed by atoms with Crippen molar-refractivity contribution in [3.8, 4) is 11.3 Å². The molecule has 4 nitrogen and oxygen atoms in total. The summed E-state index contributed by atoms with van der Waals surface area (Å²) in [6, 6.07) is 21.4. The van der Waals surface area contributed by atoms with E-state index in [4.69, 9.17) is 0 Å². The summed E-state index contributed by atoms with van der Waals surface area (Å²) in [7, 11) is 0. The zero-order valence-corrected chi connectivity index (χ0v) is 14.1. The van der Waals surface area contributed by atoms with E-state index in [1.54, 1.807) is 0 Å². The van der Waals surface area contributed by atoms with Crippen molar-refractivity contribution in [2.75, 3.05) is 11.1 Å². The molecule has 0 spiro atoms. The van der Waals surface area contributed by atoms with Gasteiger partial charge < -0.3 is 5.32 Å². The number of para-hydroxylation sites is 1. The van der Waals surface area contributed by atoms with Gasteiger partial charge >= 0.3 is 0 Å². The summed E-state index contributed by atoms with van der Waals surface area (Å²) in [4.78, 5) is 11.9. The van der Waals surface area contributed by atoms with Gasteiger partial charge in [-0.3, -0.25) is 4.79 Å². The third-order valence-electron chi connectivity index (χ3n) is 3.40. The molecule has 1 amide bonds. The number of rotatable bonds is 5. The second-order valence-corrected chi connectivity index (χ2v) is 6.32. The molecule has 0 aliphatic heterocycles. The fourth-order valence-electron chi connectivity index (χ4n) is 2.13. The standard InChI is InChI=1S/C19H17N3OS/c1-14-7-9-15(10-8-14)17-11-12-19(22-21-17)24-13-18(23)20-16-5-3-2-4-6-16/h2-12H,13H2,1H3,(H,20,23). The normalized spacial score (nSPS) is 10.4. The largest absolute Gasteiger partial charge is 0.325 e. The Morgan fingerprint density at radius 2 is 1.71 bits per heavy atom. The van der Waals surface area contributed by atoms with E-state index in [1.165, 1.54) is 17.3 Å². The van der Waals surface area contributed by atoms with Gasteiger partial charge in [-0.15, -0.1) is 10.2 Å². The second-order valence-electron chi connectivity index (χ2n) is 5.33. The minimum Gasteiger partial charge on any atom is -0.325 e. The Labute approximate surface area is 145 Å². The number of carbonyl (C=O) groups excluding carboxylic acids is 1. The van der Waals surface area contributed by atoms with Gasteiger partial charge in [0, 0.05) is 11.3 Å². The Morgan fingerprint density at radius 3 is 2.38 bits per heavy atom. The van der Waals surface area contributed by atoms with E-state index in [2.05, 4.69) is 22.4 Å². The van der Waals surface area contributed by atoms with Crippen molar-refractivity contribution in [1.29, 1.82) is 0 Å². The summed E-state index contributed by atoms with van der Waals surface area (Å²) in [6.07, 6.45) is 0. The van der Waals surface area contributed by atoms with E-state index >= 15 is 0 Å². The number of nitrogens with zero attached hydrogens (tertiary/aromatic N) is 2. The number of benzene rings is 2. The van der Waals surface area contributed by atoms with E-state index in [0.29, 0.717) is 5.75 Å². The highest BCUT2D eigenvalue weighted by Gasteiger charge is 2.06. The summed E-state index contributed by atoms with van der Waals surface area (Å²) in [6.45, 7) is 2.05. The molecule has 0 unspecified atom stereocenters. The Kier molecular flexibility index (Phi) is 5.23. The Balaban J connectivity index is 1.56. The Hall–Kier alpha value is -2.66. The van der Waals surface area contributed by atoms with Gasteiger partial charge in [0.1, 0.15) is 5.03 Å². The van der Waals surface area contributed by atoms with Crippen molar-refractivity contribution < 1.29 is 4.79 Å². The van der Waals surface area contributed by atoms with Gasteiger partial charge in [-0.2, -0.15) is 0 Å². The van der Waals surface area contributed by atoms with Crippen LogP contribution in [0.25, 0.3) is 11.3 Å². The Bertz CT molecular complexity index is 802. The molecule has 2 aromatic carbocycles. The van der Waals surface area contributed by atoms with Gasteiger partial charge in [0.25, 0.3) is 0 Å². The van der Waals surface area contributed by atoms with Crippen molar-refractivity contribution >= 4 is 23.4 Å². The van der Waals surface area contributed by atoms with Crippen LogP contribution in [0.4, 0.5) is 5.69 Å². The molecule has 1 N–H and O–H groups in total. The van der Waals surface area contributed by atoms with Gasteiger partial charge in [-0.1, -0.05) is 59.8 Å². The molecule has 120 valence electrons. The third-order valence-corrected chi connectivity index (χ3v) is 4.32. The van der Waals surface area contributed by atoms with Crippen LogP contribution in [0, 0.1) is 6.92 Å².